The number of carbonyl (C=O) groups excluding carboxylic acids is 2. The fourth-order valence-electron chi connectivity index (χ4n) is 5.33. The Morgan fingerprint density at radius 1 is 0.816 bits per heavy atom. The molecule has 3 heterocycles. The molecule has 13 heteroatoms. The van der Waals surface area contributed by atoms with Crippen molar-refractivity contribution < 1.29 is 19.1 Å². The lowest BCUT2D eigenvalue weighted by atomic mass is 10.0. The Balaban J connectivity index is 1.25. The first-order chi connectivity index (χ1) is 23.9. The van der Waals surface area contributed by atoms with E-state index in [0.29, 0.717) is 71.2 Å². The summed E-state index contributed by atoms with van der Waals surface area (Å²) in [6.45, 7) is 9.41. The average Bonchev–Trinajstić information content (AvgIpc) is 3.12. The minimum atomic E-state index is -0.352. The molecular formula is C36H45N9O4. The molecule has 0 radical (unpaired) electrons. The summed E-state index contributed by atoms with van der Waals surface area (Å²) in [6.07, 6.45) is 9.95. The molecule has 4 aromatic rings. The van der Waals surface area contributed by atoms with Crippen LogP contribution in [-0.2, 0) is 9.47 Å². The summed E-state index contributed by atoms with van der Waals surface area (Å²) < 4.78 is 12.7. The third-order valence-electron chi connectivity index (χ3n) is 8.51. The van der Waals surface area contributed by atoms with Crippen molar-refractivity contribution in [3.05, 3.63) is 71.6 Å². The summed E-state index contributed by atoms with van der Waals surface area (Å²) in [6, 6.07) is 13.8. The van der Waals surface area contributed by atoms with E-state index in [2.05, 4.69) is 68.2 Å². The van der Waals surface area contributed by atoms with Crippen LogP contribution in [-0.4, -0.2) is 55.4 Å². The molecule has 0 fully saturated rings. The van der Waals surface area contributed by atoms with Crippen LogP contribution < -0.4 is 16.3 Å². The molecule has 2 atom stereocenters. The van der Waals surface area contributed by atoms with Crippen LogP contribution in [0.25, 0.3) is 5.78 Å². The zero-order chi connectivity index (χ0) is 34.6. The second-order valence-electron chi connectivity index (χ2n) is 12.1. The number of ether oxygens (including phenoxy) is 2. The molecule has 0 amide bonds. The molecule has 1 aliphatic heterocycles. The van der Waals surface area contributed by atoms with Crippen molar-refractivity contribution in [1.29, 1.82) is 0 Å². The lowest BCUT2D eigenvalue weighted by molar-refractivity contribution is 0.0419. The molecule has 0 aliphatic carbocycles. The van der Waals surface area contributed by atoms with Gasteiger partial charge >= 0.3 is 11.9 Å². The molecule has 2 aromatic carbocycles. The van der Waals surface area contributed by atoms with E-state index in [1.54, 1.807) is 52.9 Å². The number of hydrogen-bond donors (Lipinski definition) is 2. The largest absolute Gasteiger partial charge is 0.462 e. The third kappa shape index (κ3) is 9.46. The number of aromatic nitrogens is 5. The Hall–Kier alpha value is -5.20. The van der Waals surface area contributed by atoms with E-state index in [-0.39, 0.29) is 17.6 Å². The van der Waals surface area contributed by atoms with Gasteiger partial charge in [-0.25, -0.2) is 29.0 Å². The molecule has 0 saturated carbocycles. The smallest absolute Gasteiger partial charge is 0.338 e. The molecule has 1 aliphatic rings. The third-order valence-corrected chi connectivity index (χ3v) is 8.51. The maximum Gasteiger partial charge on any atom is 0.338 e. The van der Waals surface area contributed by atoms with Gasteiger partial charge < -0.3 is 14.8 Å². The standard InChI is InChI=1S/C36H45N9O4/c1-5-9-11-24(7-3)21-48-30(46)26-13-17-28(18-14-26)39-32-41-34-37-23-38-35-42-33(44-36(43-32)45(34)35)40-29-19-15-27(16-20-29)31(47)49-22-25(8-4)12-10-6-2/h13-20,23-25H,5-12,21-22H2,1-4H3,(H2,37,38,39,40,41,42,43,44). The van der Waals surface area contributed by atoms with Crippen LogP contribution >= 0.6 is 0 Å². The first-order valence-electron chi connectivity index (χ1n) is 17.2. The molecule has 258 valence electrons. The Labute approximate surface area is 286 Å². The molecule has 49 heavy (non-hydrogen) atoms. The minimum absolute atomic E-state index is 0.160. The number of nitrogens with one attached hydrogen (secondary N) is 2. The summed E-state index contributed by atoms with van der Waals surface area (Å²) in [5, 5.41) is 6.36. The van der Waals surface area contributed by atoms with Gasteiger partial charge in [0.2, 0.25) is 23.6 Å². The van der Waals surface area contributed by atoms with E-state index in [1.165, 1.54) is 6.33 Å². The minimum Gasteiger partial charge on any atom is -0.462 e. The van der Waals surface area contributed by atoms with Gasteiger partial charge in [-0.3, -0.25) is 5.32 Å². The molecule has 0 bridgehead atoms. The first kappa shape index (κ1) is 35.1. The topological polar surface area (TPSA) is 157 Å². The Morgan fingerprint density at radius 2 is 1.41 bits per heavy atom. The Bertz CT molecular complexity index is 1820. The number of nitrogens with zero attached hydrogens (tertiary/aromatic N) is 7. The van der Waals surface area contributed by atoms with Gasteiger partial charge in [-0.1, -0.05) is 66.2 Å². The fraction of sp³-hybridized carbons (Fsp3) is 0.444. The molecule has 2 unspecified atom stereocenters. The number of anilines is 2. The molecular weight excluding hydrogens is 622 g/mol. The van der Waals surface area contributed by atoms with Gasteiger partial charge in [-0.2, -0.15) is 15.0 Å². The monoisotopic (exact) mass is 667 g/mol. The summed E-state index contributed by atoms with van der Waals surface area (Å²) in [7, 11) is 0. The zero-order valence-corrected chi connectivity index (χ0v) is 28.7. The number of carbonyl (C=O) groups is 2. The van der Waals surface area contributed by atoms with Crippen molar-refractivity contribution in [3.8, 4) is 0 Å². The molecule has 2 N–H and O–H groups in total. The number of hydrogen-bond acceptors (Lipinski definition) is 12. The van der Waals surface area contributed by atoms with E-state index in [1.807, 2.05) is 0 Å². The van der Waals surface area contributed by atoms with Crippen LogP contribution in [0.5, 0.6) is 0 Å². The highest BCUT2D eigenvalue weighted by Gasteiger charge is 2.19. The Morgan fingerprint density at radius 3 is 1.98 bits per heavy atom. The quantitative estimate of drug-likeness (QED) is 0.119. The van der Waals surface area contributed by atoms with Crippen molar-refractivity contribution in [2.45, 2.75) is 79.1 Å². The van der Waals surface area contributed by atoms with Crippen molar-refractivity contribution in [2.75, 3.05) is 23.8 Å². The van der Waals surface area contributed by atoms with Crippen LogP contribution in [0.4, 0.5) is 23.3 Å². The van der Waals surface area contributed by atoms with E-state index in [4.69, 9.17) is 9.47 Å². The molecule has 2 aromatic heterocycles. The predicted octanol–water partition coefficient (Wildman–Crippen LogP) is 7.02. The van der Waals surface area contributed by atoms with Crippen LogP contribution in [0.1, 0.15) is 99.8 Å². The van der Waals surface area contributed by atoms with Crippen molar-refractivity contribution in [1.82, 2.24) is 24.3 Å². The number of guanidine groups is 1. The SMILES string of the molecule is CCCCC(CC)COC(=O)c1ccc(N=c2nc3n4c(ncnc4n2)N=C(Nc2ccc(C(=O)OCC(CC)CCCC)cc2)N3)cc1. The lowest BCUT2D eigenvalue weighted by Crippen LogP contribution is -2.30. The van der Waals surface area contributed by atoms with Crippen molar-refractivity contribution in [2.24, 2.45) is 21.8 Å². The van der Waals surface area contributed by atoms with Gasteiger partial charge in [0, 0.05) is 5.69 Å². The van der Waals surface area contributed by atoms with Gasteiger partial charge in [0.15, 0.2) is 0 Å². The fourth-order valence-corrected chi connectivity index (χ4v) is 5.33. The maximum absolute atomic E-state index is 12.6. The normalized spacial score (nSPS) is 13.7. The van der Waals surface area contributed by atoms with Crippen LogP contribution in [0.15, 0.2) is 64.8 Å². The first-order valence-corrected chi connectivity index (χ1v) is 17.2. The van der Waals surface area contributed by atoms with Gasteiger partial charge in [0.25, 0.3) is 5.62 Å². The van der Waals surface area contributed by atoms with Gasteiger partial charge in [-0.05, 0) is 73.2 Å². The average molecular weight is 668 g/mol. The van der Waals surface area contributed by atoms with E-state index in [9.17, 15) is 9.59 Å². The highest BCUT2D eigenvalue weighted by Crippen LogP contribution is 2.21. The Kier molecular flexibility index (Phi) is 12.4. The highest BCUT2D eigenvalue weighted by molar-refractivity contribution is 6.05. The van der Waals surface area contributed by atoms with Gasteiger partial charge in [0.1, 0.15) is 6.33 Å². The number of rotatable bonds is 16. The summed E-state index contributed by atoms with van der Waals surface area (Å²) in [5.41, 5.74) is 2.35. The lowest BCUT2D eigenvalue weighted by Gasteiger charge is -2.18. The highest BCUT2D eigenvalue weighted by atomic mass is 16.5. The number of benzene rings is 2. The van der Waals surface area contributed by atoms with E-state index >= 15 is 0 Å². The van der Waals surface area contributed by atoms with Crippen molar-refractivity contribution in [3.63, 3.8) is 0 Å². The van der Waals surface area contributed by atoms with Crippen LogP contribution in [0.2, 0.25) is 0 Å². The maximum atomic E-state index is 12.6. The predicted molar refractivity (Wildman–Crippen MR) is 188 cm³/mol. The molecule has 0 spiro atoms. The molecule has 13 nitrogen and oxygen atoms in total. The number of esters is 2. The second-order valence-corrected chi connectivity index (χ2v) is 12.1. The summed E-state index contributed by atoms with van der Waals surface area (Å²) in [4.78, 5) is 52.0. The molecule has 0 saturated heterocycles. The summed E-state index contributed by atoms with van der Waals surface area (Å²) in [5.74, 6) is 1.41. The van der Waals surface area contributed by atoms with Crippen LogP contribution in [0.3, 0.4) is 0 Å². The second kappa shape index (κ2) is 17.3. The summed E-state index contributed by atoms with van der Waals surface area (Å²) >= 11 is 0. The van der Waals surface area contributed by atoms with E-state index in [0.717, 1.165) is 51.4 Å². The zero-order valence-electron chi connectivity index (χ0n) is 28.7. The van der Waals surface area contributed by atoms with Crippen molar-refractivity contribution >= 4 is 46.9 Å². The van der Waals surface area contributed by atoms with Gasteiger partial charge in [0.05, 0.1) is 30.0 Å². The van der Waals surface area contributed by atoms with Crippen LogP contribution in [0, 0.1) is 11.8 Å². The van der Waals surface area contributed by atoms with Gasteiger partial charge in [-0.15, -0.1) is 0 Å². The number of unbranched alkanes of at least 4 members (excludes halogenated alkanes) is 2. The number of aliphatic imine (C=N–C) groups is 1. The van der Waals surface area contributed by atoms with E-state index < -0.39 is 0 Å². The molecule has 5 rings (SSSR count).